The molecule has 3 heterocycles. The number of benzene rings is 1. The van der Waals surface area contributed by atoms with Crippen molar-refractivity contribution in [3.05, 3.63) is 39.9 Å². The number of non-ortho nitro benzene ring substituents is 1. The van der Waals surface area contributed by atoms with Gasteiger partial charge >= 0.3 is 6.09 Å². The summed E-state index contributed by atoms with van der Waals surface area (Å²) in [6.45, 7) is 3.65. The molecule has 1 N–H and O–H groups in total. The third-order valence-corrected chi connectivity index (χ3v) is 7.79. The number of carbonyl (C=O) groups is 2. The van der Waals surface area contributed by atoms with Gasteiger partial charge in [-0.25, -0.2) is 4.79 Å². The van der Waals surface area contributed by atoms with Crippen molar-refractivity contribution in [3.8, 4) is 6.07 Å². The first-order chi connectivity index (χ1) is 17.8. The minimum Gasteiger partial charge on any atom is -0.445 e. The SMILES string of the molecule is C[C@@H](OCC12CCC(CC1)OC2)[C@H](NC(=O)OCc1ccc([N+](=O)[O-])cc1)C(=O)N1CCC(C#N)CC1. The van der Waals surface area contributed by atoms with E-state index in [-0.39, 0.29) is 29.5 Å². The van der Waals surface area contributed by atoms with Crippen LogP contribution in [0.1, 0.15) is 51.0 Å². The average Bonchev–Trinajstić information content (AvgIpc) is 2.94. The Labute approximate surface area is 216 Å². The van der Waals surface area contributed by atoms with E-state index in [4.69, 9.17) is 14.2 Å². The van der Waals surface area contributed by atoms with Crippen molar-refractivity contribution in [1.82, 2.24) is 10.2 Å². The highest BCUT2D eigenvalue weighted by molar-refractivity contribution is 5.86. The number of alkyl carbamates (subject to hydrolysis) is 1. The van der Waals surface area contributed by atoms with Crippen LogP contribution in [-0.4, -0.2) is 66.4 Å². The van der Waals surface area contributed by atoms with Crippen LogP contribution in [0.4, 0.5) is 10.5 Å². The summed E-state index contributed by atoms with van der Waals surface area (Å²) >= 11 is 0. The smallest absolute Gasteiger partial charge is 0.408 e. The van der Waals surface area contributed by atoms with E-state index in [2.05, 4.69) is 11.4 Å². The Morgan fingerprint density at radius 1 is 1.24 bits per heavy atom. The summed E-state index contributed by atoms with van der Waals surface area (Å²) in [6.07, 6.45) is 4.22. The zero-order valence-electron chi connectivity index (χ0n) is 21.1. The molecule has 3 saturated heterocycles. The largest absolute Gasteiger partial charge is 0.445 e. The van der Waals surface area contributed by atoms with Gasteiger partial charge in [-0.2, -0.15) is 5.26 Å². The molecule has 0 unspecified atom stereocenters. The standard InChI is InChI=1S/C26H34N4O7/c1-18(36-16-26-10-6-22(7-11-26)37-17-26)23(24(31)29-12-8-19(14-27)9-13-29)28-25(32)35-15-20-2-4-21(5-3-20)30(33)34/h2-5,18-19,22-23H,6-13,15-17H2,1H3,(H,28,32)/t18-,22?,23+,26?/m1/s1. The van der Waals surface area contributed by atoms with Gasteiger partial charge in [0.15, 0.2) is 0 Å². The van der Waals surface area contributed by atoms with Crippen LogP contribution in [0, 0.1) is 32.8 Å². The highest BCUT2D eigenvalue weighted by atomic mass is 16.6. The molecule has 2 bridgehead atoms. The molecule has 4 fully saturated rings. The van der Waals surface area contributed by atoms with E-state index in [1.54, 1.807) is 11.8 Å². The summed E-state index contributed by atoms with van der Waals surface area (Å²) in [5.41, 5.74) is 0.470. The third kappa shape index (κ3) is 6.76. The highest BCUT2D eigenvalue weighted by Gasteiger charge is 2.43. The van der Waals surface area contributed by atoms with Crippen molar-refractivity contribution in [1.29, 1.82) is 5.26 Å². The summed E-state index contributed by atoms with van der Waals surface area (Å²) in [5.74, 6) is -0.339. The number of nitrogens with one attached hydrogen (secondary N) is 1. The first kappa shape index (κ1) is 26.8. The molecule has 2 atom stereocenters. The molecule has 4 aliphatic rings. The van der Waals surface area contributed by atoms with Crippen LogP contribution in [0.2, 0.25) is 0 Å². The Bertz CT molecular complexity index is 995. The van der Waals surface area contributed by atoms with E-state index < -0.39 is 23.2 Å². The molecule has 5 rings (SSSR count). The number of fused-ring (bicyclic) bond motifs is 3. The lowest BCUT2D eigenvalue weighted by molar-refractivity contribution is -0.384. The molecule has 2 amide bonds. The number of piperidine rings is 1. The van der Waals surface area contributed by atoms with E-state index in [0.717, 1.165) is 25.7 Å². The number of hydrogen-bond donors (Lipinski definition) is 1. The second kappa shape index (κ2) is 11.9. The minimum atomic E-state index is -0.958. The summed E-state index contributed by atoms with van der Waals surface area (Å²) < 4.78 is 17.4. The van der Waals surface area contributed by atoms with Gasteiger partial charge in [0.25, 0.3) is 5.69 Å². The van der Waals surface area contributed by atoms with Crippen LogP contribution < -0.4 is 5.32 Å². The summed E-state index contributed by atoms with van der Waals surface area (Å²) in [5, 5.41) is 22.7. The number of ether oxygens (including phenoxy) is 3. The number of rotatable bonds is 9. The molecule has 37 heavy (non-hydrogen) atoms. The van der Waals surface area contributed by atoms with Gasteiger partial charge in [-0.1, -0.05) is 0 Å². The van der Waals surface area contributed by atoms with Gasteiger partial charge in [-0.05, 0) is 63.1 Å². The zero-order chi connectivity index (χ0) is 26.4. The molecule has 11 heteroatoms. The lowest BCUT2D eigenvalue weighted by atomic mass is 9.72. The number of amides is 2. The Balaban J connectivity index is 1.37. The van der Waals surface area contributed by atoms with Crippen LogP contribution in [0.5, 0.6) is 0 Å². The van der Waals surface area contributed by atoms with Crippen molar-refractivity contribution in [2.24, 2.45) is 11.3 Å². The van der Waals surface area contributed by atoms with E-state index in [9.17, 15) is 25.0 Å². The number of carbonyl (C=O) groups excluding carboxylic acids is 2. The number of nitrogens with zero attached hydrogens (tertiary/aromatic N) is 3. The molecule has 3 aliphatic heterocycles. The number of nitro benzene ring substituents is 1. The van der Waals surface area contributed by atoms with Crippen LogP contribution in [0.25, 0.3) is 0 Å². The molecule has 1 aromatic rings. The fourth-order valence-corrected chi connectivity index (χ4v) is 5.24. The van der Waals surface area contributed by atoms with Crippen molar-refractivity contribution in [2.75, 3.05) is 26.3 Å². The molecule has 11 nitrogen and oxygen atoms in total. The van der Waals surface area contributed by atoms with Gasteiger partial charge in [0.2, 0.25) is 5.91 Å². The highest BCUT2D eigenvalue weighted by Crippen LogP contribution is 2.43. The molecule has 1 aromatic carbocycles. The lowest BCUT2D eigenvalue weighted by Crippen LogP contribution is -2.56. The van der Waals surface area contributed by atoms with Crippen LogP contribution >= 0.6 is 0 Å². The van der Waals surface area contributed by atoms with E-state index in [1.807, 2.05) is 0 Å². The predicted octanol–water partition coefficient (Wildman–Crippen LogP) is 3.32. The fourth-order valence-electron chi connectivity index (χ4n) is 5.24. The Kier molecular flexibility index (Phi) is 8.61. The van der Waals surface area contributed by atoms with E-state index >= 15 is 0 Å². The molecular weight excluding hydrogens is 480 g/mol. The number of nitro groups is 1. The topological polar surface area (TPSA) is 144 Å². The maximum Gasteiger partial charge on any atom is 0.408 e. The Hall–Kier alpha value is -3.23. The van der Waals surface area contributed by atoms with Gasteiger partial charge in [0.05, 0.1) is 36.4 Å². The maximum absolute atomic E-state index is 13.5. The molecule has 0 aromatic heterocycles. The van der Waals surface area contributed by atoms with Gasteiger partial charge < -0.3 is 24.4 Å². The molecule has 0 spiro atoms. The van der Waals surface area contributed by atoms with Crippen LogP contribution in [0.3, 0.4) is 0 Å². The lowest BCUT2D eigenvalue weighted by Gasteiger charge is -2.46. The first-order valence-electron chi connectivity index (χ1n) is 12.9. The van der Waals surface area contributed by atoms with E-state index in [1.165, 1.54) is 24.3 Å². The van der Waals surface area contributed by atoms with Crippen LogP contribution in [0.15, 0.2) is 24.3 Å². The normalized spacial score (nSPS) is 25.1. The van der Waals surface area contributed by atoms with Crippen LogP contribution in [-0.2, 0) is 25.6 Å². The van der Waals surface area contributed by atoms with E-state index in [0.29, 0.717) is 50.8 Å². The van der Waals surface area contributed by atoms with Crippen molar-refractivity contribution >= 4 is 17.7 Å². The van der Waals surface area contributed by atoms with Gasteiger partial charge in [-0.15, -0.1) is 0 Å². The van der Waals surface area contributed by atoms with Gasteiger partial charge in [0.1, 0.15) is 12.6 Å². The maximum atomic E-state index is 13.5. The number of hydrogen-bond acceptors (Lipinski definition) is 8. The van der Waals surface area contributed by atoms with Crippen molar-refractivity contribution < 1.29 is 28.7 Å². The van der Waals surface area contributed by atoms with Crippen molar-refractivity contribution in [2.45, 2.75) is 70.3 Å². The zero-order valence-corrected chi connectivity index (χ0v) is 21.1. The molecule has 0 radical (unpaired) electrons. The van der Waals surface area contributed by atoms with Crippen molar-refractivity contribution in [3.63, 3.8) is 0 Å². The minimum absolute atomic E-state index is 0.0543. The summed E-state index contributed by atoms with van der Waals surface area (Å²) in [4.78, 5) is 38.1. The Morgan fingerprint density at radius 3 is 2.49 bits per heavy atom. The fraction of sp³-hybridized carbons (Fsp3) is 0.654. The first-order valence-corrected chi connectivity index (χ1v) is 12.9. The molecule has 1 saturated carbocycles. The van der Waals surface area contributed by atoms with Gasteiger partial charge in [0, 0.05) is 36.6 Å². The monoisotopic (exact) mass is 514 g/mol. The molecule has 200 valence electrons. The second-order valence-electron chi connectivity index (χ2n) is 10.4. The number of likely N-dealkylation sites (tertiary alicyclic amines) is 1. The summed E-state index contributed by atoms with van der Waals surface area (Å²) in [7, 11) is 0. The average molecular weight is 515 g/mol. The van der Waals surface area contributed by atoms with Gasteiger partial charge in [-0.3, -0.25) is 14.9 Å². The predicted molar refractivity (Wildman–Crippen MR) is 131 cm³/mol. The Morgan fingerprint density at radius 2 is 1.92 bits per heavy atom. The second-order valence-corrected chi connectivity index (χ2v) is 10.4. The molecule has 1 aliphatic carbocycles. The number of nitriles is 1. The quantitative estimate of drug-likeness (QED) is 0.390. The third-order valence-electron chi connectivity index (χ3n) is 7.79. The molecular formula is C26H34N4O7. The summed E-state index contributed by atoms with van der Waals surface area (Å²) in [6, 6.07) is 7.01.